The lowest BCUT2D eigenvalue weighted by molar-refractivity contribution is -0.144. The van der Waals surface area contributed by atoms with E-state index in [0.29, 0.717) is 19.6 Å². The zero-order valence-corrected chi connectivity index (χ0v) is 18.5. The van der Waals surface area contributed by atoms with Gasteiger partial charge in [0.05, 0.1) is 43.9 Å². The summed E-state index contributed by atoms with van der Waals surface area (Å²) in [5, 5.41) is 3.12. The topological polar surface area (TPSA) is 77.1 Å². The second-order valence-corrected chi connectivity index (χ2v) is 9.63. The molecule has 7 nitrogen and oxygen atoms in total. The number of nitrogens with zero attached hydrogens (tertiary/aromatic N) is 1. The number of para-hydroxylation sites is 1. The third-order valence-electron chi connectivity index (χ3n) is 7.54. The number of morpholine rings is 1. The van der Waals surface area contributed by atoms with Crippen LogP contribution in [0.25, 0.3) is 0 Å². The van der Waals surface area contributed by atoms with E-state index in [-0.39, 0.29) is 67.1 Å². The lowest BCUT2D eigenvalue weighted by Crippen LogP contribution is -2.65. The first kappa shape index (κ1) is 21.6. The van der Waals surface area contributed by atoms with Gasteiger partial charge >= 0.3 is 0 Å². The number of amides is 2. The van der Waals surface area contributed by atoms with Gasteiger partial charge in [-0.3, -0.25) is 9.59 Å². The van der Waals surface area contributed by atoms with E-state index < -0.39 is 5.54 Å². The first-order chi connectivity index (χ1) is 15.5. The first-order valence-corrected chi connectivity index (χ1v) is 11.7. The molecule has 4 heterocycles. The zero-order valence-electron chi connectivity index (χ0n) is 18.5. The molecule has 2 bridgehead atoms. The Balaban J connectivity index is 1.44. The second kappa shape index (κ2) is 8.63. The standard InChI is InChI=1S/C24H31FN2O5/c1-15-11-24(14-30-13-21(28)26-24)20-12-32-17-7-5-16(6-8-17)18-3-2-4-19(25)23(18)31-10-9-22(29)27(15)20/h2-4,15-17,20H,5-14H2,1H3,(H,26,28)/t15-,16?,17?,20-,24+/m1/s1. The SMILES string of the molecule is C[C@@H]1C[C@]2(COCC(=O)N2)[C@H]2COC3CCC(CC3)c3cccc(F)c3OCCC(=O)N12. The number of rotatable bonds is 0. The van der Waals surface area contributed by atoms with Crippen molar-refractivity contribution in [2.75, 3.05) is 26.4 Å². The van der Waals surface area contributed by atoms with Crippen molar-refractivity contribution in [1.29, 1.82) is 0 Å². The van der Waals surface area contributed by atoms with Gasteiger partial charge in [-0.05, 0) is 51.0 Å². The maximum atomic E-state index is 14.6. The minimum absolute atomic E-state index is 0.0421. The van der Waals surface area contributed by atoms with Crippen LogP contribution in [0.1, 0.15) is 56.9 Å². The predicted octanol–water partition coefficient (Wildman–Crippen LogP) is 2.53. The summed E-state index contributed by atoms with van der Waals surface area (Å²) in [6.07, 6.45) is 4.37. The fraction of sp³-hybridized carbons (Fsp3) is 0.667. The first-order valence-electron chi connectivity index (χ1n) is 11.7. The number of benzene rings is 1. The number of hydrogen-bond acceptors (Lipinski definition) is 5. The van der Waals surface area contributed by atoms with Crippen LogP contribution in [0.5, 0.6) is 5.75 Å². The molecule has 1 aromatic carbocycles. The van der Waals surface area contributed by atoms with Crippen molar-refractivity contribution < 1.29 is 28.2 Å². The van der Waals surface area contributed by atoms with E-state index in [2.05, 4.69) is 5.32 Å². The van der Waals surface area contributed by atoms with Gasteiger partial charge in [0.2, 0.25) is 11.8 Å². The molecule has 174 valence electrons. The highest BCUT2D eigenvalue weighted by atomic mass is 19.1. The van der Waals surface area contributed by atoms with Crippen LogP contribution in [0.2, 0.25) is 0 Å². The van der Waals surface area contributed by atoms with Gasteiger partial charge in [-0.25, -0.2) is 4.39 Å². The molecule has 6 rings (SSSR count). The van der Waals surface area contributed by atoms with Gasteiger partial charge in [-0.2, -0.15) is 0 Å². The summed E-state index contributed by atoms with van der Waals surface area (Å²) < 4.78 is 32.4. The Bertz CT molecular complexity index is 887. The largest absolute Gasteiger partial charge is 0.490 e. The summed E-state index contributed by atoms with van der Waals surface area (Å²) in [7, 11) is 0. The van der Waals surface area contributed by atoms with Gasteiger partial charge < -0.3 is 24.4 Å². The molecule has 0 aromatic heterocycles. The number of halogens is 1. The van der Waals surface area contributed by atoms with E-state index in [9.17, 15) is 14.0 Å². The fourth-order valence-electron chi connectivity index (χ4n) is 6.10. The summed E-state index contributed by atoms with van der Waals surface area (Å²) in [6, 6.07) is 4.69. The number of ether oxygens (including phenoxy) is 3. The molecule has 0 unspecified atom stereocenters. The third-order valence-corrected chi connectivity index (χ3v) is 7.54. The van der Waals surface area contributed by atoms with Crippen LogP contribution in [0, 0.1) is 5.82 Å². The van der Waals surface area contributed by atoms with Crippen molar-refractivity contribution in [3.8, 4) is 5.75 Å². The average molecular weight is 447 g/mol. The molecule has 4 aliphatic heterocycles. The minimum Gasteiger partial charge on any atom is -0.490 e. The van der Waals surface area contributed by atoms with Crippen LogP contribution in [-0.4, -0.2) is 66.9 Å². The van der Waals surface area contributed by atoms with Gasteiger partial charge in [0.15, 0.2) is 11.6 Å². The van der Waals surface area contributed by atoms with Crippen LogP contribution >= 0.6 is 0 Å². The van der Waals surface area contributed by atoms with Gasteiger partial charge in [0.1, 0.15) is 6.61 Å². The van der Waals surface area contributed by atoms with E-state index in [4.69, 9.17) is 14.2 Å². The van der Waals surface area contributed by atoms with E-state index in [0.717, 1.165) is 31.2 Å². The monoisotopic (exact) mass is 446 g/mol. The molecule has 1 N–H and O–H groups in total. The Kier molecular flexibility index (Phi) is 5.84. The van der Waals surface area contributed by atoms with Gasteiger partial charge in [0, 0.05) is 11.6 Å². The van der Waals surface area contributed by atoms with Crippen molar-refractivity contribution in [1.82, 2.24) is 10.2 Å². The predicted molar refractivity (Wildman–Crippen MR) is 114 cm³/mol. The fourth-order valence-corrected chi connectivity index (χ4v) is 6.10. The second-order valence-electron chi connectivity index (χ2n) is 9.63. The molecule has 3 fully saturated rings. The van der Waals surface area contributed by atoms with Crippen molar-refractivity contribution >= 4 is 11.8 Å². The molecule has 1 spiro atoms. The molecule has 1 saturated carbocycles. The van der Waals surface area contributed by atoms with Crippen LogP contribution in [0.15, 0.2) is 18.2 Å². The van der Waals surface area contributed by atoms with Crippen LogP contribution in [0.4, 0.5) is 4.39 Å². The van der Waals surface area contributed by atoms with Crippen LogP contribution < -0.4 is 10.1 Å². The molecule has 32 heavy (non-hydrogen) atoms. The number of nitrogens with one attached hydrogen (secondary N) is 1. The highest BCUT2D eigenvalue weighted by Crippen LogP contribution is 2.41. The average Bonchev–Trinajstić information content (AvgIpc) is 3.03. The van der Waals surface area contributed by atoms with E-state index in [1.165, 1.54) is 6.07 Å². The molecule has 5 aliphatic rings. The highest BCUT2D eigenvalue weighted by Gasteiger charge is 2.55. The molecule has 2 saturated heterocycles. The van der Waals surface area contributed by atoms with Crippen molar-refractivity contribution in [2.24, 2.45) is 0 Å². The van der Waals surface area contributed by atoms with E-state index in [1.54, 1.807) is 6.07 Å². The molecular weight excluding hydrogens is 415 g/mol. The van der Waals surface area contributed by atoms with Gasteiger partial charge in [-0.15, -0.1) is 0 Å². The lowest BCUT2D eigenvalue weighted by atomic mass is 9.82. The molecule has 1 aliphatic carbocycles. The lowest BCUT2D eigenvalue weighted by Gasteiger charge is -2.42. The third kappa shape index (κ3) is 3.88. The Hall–Kier alpha value is -2.19. The Labute approximate surface area is 187 Å². The van der Waals surface area contributed by atoms with E-state index >= 15 is 0 Å². The summed E-state index contributed by atoms with van der Waals surface area (Å²) >= 11 is 0. The number of carbonyl (C=O) groups is 2. The summed E-state index contributed by atoms with van der Waals surface area (Å²) in [4.78, 5) is 27.3. The maximum Gasteiger partial charge on any atom is 0.246 e. The summed E-state index contributed by atoms with van der Waals surface area (Å²) in [6.45, 7) is 2.86. The molecule has 2 amide bonds. The Morgan fingerprint density at radius 3 is 2.78 bits per heavy atom. The highest BCUT2D eigenvalue weighted by molar-refractivity contribution is 5.81. The molecule has 1 aromatic rings. The van der Waals surface area contributed by atoms with Gasteiger partial charge in [-0.1, -0.05) is 12.1 Å². The minimum atomic E-state index is -0.641. The molecule has 3 atom stereocenters. The number of hydrogen-bond donors (Lipinski definition) is 1. The Morgan fingerprint density at radius 1 is 1.19 bits per heavy atom. The summed E-state index contributed by atoms with van der Waals surface area (Å²) in [5.41, 5.74) is 0.250. The van der Waals surface area contributed by atoms with Crippen molar-refractivity contribution in [2.45, 2.75) is 75.1 Å². The van der Waals surface area contributed by atoms with Crippen LogP contribution in [-0.2, 0) is 19.1 Å². The zero-order chi connectivity index (χ0) is 22.3. The molecule has 0 radical (unpaired) electrons. The van der Waals surface area contributed by atoms with Crippen molar-refractivity contribution in [3.05, 3.63) is 29.6 Å². The van der Waals surface area contributed by atoms with Crippen LogP contribution in [0.3, 0.4) is 0 Å². The Morgan fingerprint density at radius 2 is 2.00 bits per heavy atom. The number of carbonyl (C=O) groups excluding carboxylic acids is 2. The quantitative estimate of drug-likeness (QED) is 0.663. The van der Waals surface area contributed by atoms with Gasteiger partial charge in [0.25, 0.3) is 0 Å². The number of fused-ring (bicyclic) bond motifs is 6. The maximum absolute atomic E-state index is 14.6. The van der Waals surface area contributed by atoms with E-state index in [1.807, 2.05) is 17.9 Å². The molecule has 8 heteroatoms. The normalized spacial score (nSPS) is 35.6. The summed E-state index contributed by atoms with van der Waals surface area (Å²) in [5.74, 6) is -0.124. The molecular formula is C24H31FN2O5. The van der Waals surface area contributed by atoms with Crippen molar-refractivity contribution in [3.63, 3.8) is 0 Å². The smallest absolute Gasteiger partial charge is 0.246 e.